The molecule has 0 aromatic carbocycles. The van der Waals surface area contributed by atoms with E-state index >= 15 is 0 Å². The van der Waals surface area contributed by atoms with E-state index in [1.54, 1.807) is 34.5 Å². The van der Waals surface area contributed by atoms with Crippen molar-refractivity contribution >= 4 is 6.88 Å². The van der Waals surface area contributed by atoms with Crippen LogP contribution in [0.4, 0.5) is 0 Å². The van der Waals surface area contributed by atoms with Crippen molar-refractivity contribution < 1.29 is 48.1 Å². The Hall–Kier alpha value is 0.380. The van der Waals surface area contributed by atoms with Gasteiger partial charge in [-0.2, -0.15) is 0 Å². The molecule has 2 saturated carbocycles. The van der Waals surface area contributed by atoms with Crippen molar-refractivity contribution in [3.8, 4) is 0 Å². The Morgan fingerprint density at radius 2 is 1.23 bits per heavy atom. The molecule has 4 rings (SSSR count). The molecular weight excluding hydrogens is 406 g/mol. The van der Waals surface area contributed by atoms with Gasteiger partial charge in [0.05, 0.1) is 0 Å². The second-order valence-electron chi connectivity index (χ2n) is 5.62. The molecule has 2 fully saturated rings. The van der Waals surface area contributed by atoms with E-state index in [-0.39, 0.29) is 24.8 Å². The second kappa shape index (κ2) is 12.8. The van der Waals surface area contributed by atoms with Crippen LogP contribution in [0.25, 0.3) is 0 Å². The zero-order chi connectivity index (χ0) is 14.2. The molecule has 4 aliphatic carbocycles. The van der Waals surface area contributed by atoms with Crippen molar-refractivity contribution in [1.29, 1.82) is 0 Å². The molecule has 0 aromatic heterocycles. The van der Waals surface area contributed by atoms with Gasteiger partial charge in [-0.05, 0) is 24.7 Å². The molecule has 0 amide bonds. The predicted molar refractivity (Wildman–Crippen MR) is 86.3 cm³/mol. The average Bonchev–Trinajstić information content (AvgIpc) is 3.18. The van der Waals surface area contributed by atoms with E-state index in [1.807, 2.05) is 6.88 Å². The van der Waals surface area contributed by atoms with Gasteiger partial charge in [0.1, 0.15) is 0 Å². The number of allylic oxidation sites excluding steroid dienone is 8. The van der Waals surface area contributed by atoms with E-state index in [0.29, 0.717) is 0 Å². The first-order valence-corrected chi connectivity index (χ1v) is 13.6. The Labute approximate surface area is 165 Å². The zero-order valence-corrected chi connectivity index (χ0v) is 18.4. The number of hydrogen-bond donors (Lipinski definition) is 0. The zero-order valence-electron chi connectivity index (χ0n) is 13.0. The summed E-state index contributed by atoms with van der Waals surface area (Å²) in [5.74, 6) is 1.77. The molecule has 0 aliphatic heterocycles. The molecule has 0 nitrogen and oxygen atoms in total. The molecule has 0 aromatic rings. The third-order valence-corrected chi connectivity index (χ3v) is 4.42. The van der Waals surface area contributed by atoms with E-state index in [4.69, 9.17) is 0 Å². The molecule has 120 valence electrons. The van der Waals surface area contributed by atoms with Crippen molar-refractivity contribution in [2.75, 3.05) is 0 Å². The van der Waals surface area contributed by atoms with Gasteiger partial charge in [0, 0.05) is 0 Å². The van der Waals surface area contributed by atoms with Crippen molar-refractivity contribution in [3.05, 3.63) is 60.4 Å². The number of hydrogen-bond acceptors (Lipinski definition) is 0. The SMILES string of the molecule is C1=CCC2CC[CH-]C2=C1.C1=CCC2CC[CH-]C2=C1.[Cl-].[Cl-].[SiH2]=[Zr+2]. The summed E-state index contributed by atoms with van der Waals surface area (Å²) in [7, 11) is 0. The fraction of sp³-hybridized carbons (Fsp3) is 0.444. The van der Waals surface area contributed by atoms with Crippen LogP contribution in [0, 0.1) is 24.7 Å². The summed E-state index contributed by atoms with van der Waals surface area (Å²) in [6.45, 7) is 1.95. The minimum atomic E-state index is 0. The van der Waals surface area contributed by atoms with Crippen LogP contribution >= 0.6 is 0 Å². The Kier molecular flexibility index (Phi) is 13.0. The Morgan fingerprint density at radius 3 is 1.59 bits per heavy atom. The number of fused-ring (bicyclic) bond motifs is 2. The van der Waals surface area contributed by atoms with Crippen molar-refractivity contribution in [3.63, 3.8) is 0 Å². The maximum absolute atomic E-state index is 2.37. The van der Waals surface area contributed by atoms with Crippen LogP contribution in [0.15, 0.2) is 47.6 Å². The van der Waals surface area contributed by atoms with Gasteiger partial charge in [-0.15, -0.1) is 37.1 Å². The Morgan fingerprint density at radius 1 is 0.818 bits per heavy atom. The van der Waals surface area contributed by atoms with Crippen LogP contribution in [-0.4, -0.2) is 6.88 Å². The Balaban J connectivity index is 0.000000334. The summed E-state index contributed by atoms with van der Waals surface area (Å²) in [4.78, 5) is 0. The van der Waals surface area contributed by atoms with Crippen molar-refractivity contribution in [2.45, 2.75) is 38.5 Å². The van der Waals surface area contributed by atoms with Gasteiger partial charge in [-0.3, -0.25) is 0 Å². The molecule has 0 spiro atoms. The van der Waals surface area contributed by atoms with Crippen LogP contribution in [0.2, 0.25) is 0 Å². The third kappa shape index (κ3) is 6.48. The standard InChI is InChI=1S/2C9H11.2ClH.H2Si.Zr/c2*1-2-5-9-7-3-6-8(9)4-1;;;;/h2*1-2,4,6,9H,3,5,7H2;2*1H;1H2;/q2*-1;;;;+2/p-2. The van der Waals surface area contributed by atoms with Crippen LogP contribution in [0.5, 0.6) is 0 Å². The fourth-order valence-electron chi connectivity index (χ4n) is 3.33. The van der Waals surface area contributed by atoms with Crippen molar-refractivity contribution in [1.82, 2.24) is 0 Å². The van der Waals surface area contributed by atoms with Crippen LogP contribution < -0.4 is 24.8 Å². The molecule has 0 saturated heterocycles. The Bertz CT molecular complexity index is 400. The molecule has 22 heavy (non-hydrogen) atoms. The summed E-state index contributed by atoms with van der Waals surface area (Å²) in [5.41, 5.74) is 3.16. The van der Waals surface area contributed by atoms with Gasteiger partial charge in [-0.1, -0.05) is 12.8 Å². The molecule has 0 radical (unpaired) electrons. The number of halogens is 2. The number of rotatable bonds is 0. The fourth-order valence-corrected chi connectivity index (χ4v) is 3.33. The summed E-state index contributed by atoms with van der Waals surface area (Å²) >= 11 is 1.58. The predicted octanol–water partition coefficient (Wildman–Crippen LogP) is -1.94. The molecule has 2 atom stereocenters. The van der Waals surface area contributed by atoms with Gasteiger partial charge in [0.2, 0.25) is 0 Å². The van der Waals surface area contributed by atoms with E-state index in [2.05, 4.69) is 49.3 Å². The van der Waals surface area contributed by atoms with E-state index in [1.165, 1.54) is 38.5 Å². The topological polar surface area (TPSA) is 0 Å². The third-order valence-electron chi connectivity index (χ3n) is 4.42. The van der Waals surface area contributed by atoms with Crippen molar-refractivity contribution in [2.24, 2.45) is 11.8 Å². The summed E-state index contributed by atoms with van der Waals surface area (Å²) in [6, 6.07) is 0. The van der Waals surface area contributed by atoms with Gasteiger partial charge in [0.15, 0.2) is 0 Å². The van der Waals surface area contributed by atoms with E-state index < -0.39 is 0 Å². The van der Waals surface area contributed by atoms with Gasteiger partial charge < -0.3 is 24.8 Å². The summed E-state index contributed by atoms with van der Waals surface area (Å²) in [5, 5.41) is 0. The van der Waals surface area contributed by atoms with Gasteiger partial charge >= 0.3 is 30.2 Å². The average molecular weight is 431 g/mol. The van der Waals surface area contributed by atoms with Gasteiger partial charge in [-0.25, -0.2) is 36.1 Å². The van der Waals surface area contributed by atoms with Crippen LogP contribution in [0.1, 0.15) is 38.5 Å². The normalized spacial score (nSPS) is 25.7. The first kappa shape index (κ1) is 22.4. The molecule has 0 bridgehead atoms. The molecule has 4 aliphatic rings. The summed E-state index contributed by atoms with van der Waals surface area (Å²) in [6.07, 6.45) is 26.1. The summed E-state index contributed by atoms with van der Waals surface area (Å²) < 4.78 is 0. The first-order chi connectivity index (χ1) is 9.93. The molecule has 0 heterocycles. The second-order valence-corrected chi connectivity index (χ2v) is 5.62. The quantitative estimate of drug-likeness (QED) is 0.310. The molecule has 2 unspecified atom stereocenters. The monoisotopic (exact) mass is 428 g/mol. The maximum atomic E-state index is 2.37. The van der Waals surface area contributed by atoms with Gasteiger partial charge in [0.25, 0.3) is 0 Å². The molecule has 0 N–H and O–H groups in total. The molecular formula is C18H24Cl2SiZr-2. The van der Waals surface area contributed by atoms with E-state index in [9.17, 15) is 0 Å². The van der Waals surface area contributed by atoms with Crippen LogP contribution in [0.3, 0.4) is 0 Å². The first-order valence-electron chi connectivity index (χ1n) is 7.68. The molecule has 4 heteroatoms. The van der Waals surface area contributed by atoms with E-state index in [0.717, 1.165) is 11.8 Å². The van der Waals surface area contributed by atoms with Crippen LogP contribution in [-0.2, 0) is 23.3 Å². The minimum absolute atomic E-state index is 0.